The molecule has 15 rings (SSSR count). The molecule has 0 aromatic heterocycles. The first-order chi connectivity index (χ1) is 64.3. The van der Waals surface area contributed by atoms with E-state index in [2.05, 4.69) is 59.7 Å². The summed E-state index contributed by atoms with van der Waals surface area (Å²) in [6.07, 6.45) is -12.5. The van der Waals surface area contributed by atoms with Crippen molar-refractivity contribution in [3.8, 4) is 80.1 Å². The van der Waals surface area contributed by atoms with Gasteiger partial charge in [-0.15, -0.1) is 0 Å². The number of aliphatic hydroxyl groups is 7. The lowest BCUT2D eigenvalue weighted by molar-refractivity contribution is -0.277. The molecule has 720 valence electrons. The van der Waals surface area contributed by atoms with E-state index < -0.39 is 271 Å². The Kier molecular flexibility index (Phi) is 33.4. The van der Waals surface area contributed by atoms with Crippen LogP contribution in [0.25, 0.3) is 11.1 Å². The second kappa shape index (κ2) is 44.9. The lowest BCUT2D eigenvalue weighted by Gasteiger charge is -2.41. The van der Waals surface area contributed by atoms with Crippen molar-refractivity contribution < 1.29 is 138 Å². The summed E-state index contributed by atoms with van der Waals surface area (Å²) in [6.45, 7) is 3.22. The van der Waals surface area contributed by atoms with Gasteiger partial charge in [-0.25, -0.2) is 4.79 Å². The summed E-state index contributed by atoms with van der Waals surface area (Å²) in [5.41, 5.74) is 9.02. The number of unbranched alkanes of at least 4 members (excludes halogenated alkanes) is 8. The molecule has 7 aromatic carbocycles. The lowest BCUT2D eigenvalue weighted by Crippen LogP contribution is -2.66. The maximum absolute atomic E-state index is 16.9. The smallest absolute Gasteiger partial charge is 0.335 e. The predicted octanol–water partition coefficient (Wildman–Crippen LogP) is 3.75. The fourth-order valence-corrected chi connectivity index (χ4v) is 17.3. The lowest BCUT2D eigenvalue weighted by atomic mass is 9.89. The molecule has 7 aromatic rings. The number of phenols is 4. The van der Waals surface area contributed by atoms with Gasteiger partial charge in [-0.1, -0.05) is 112 Å². The number of ether oxygens (including phenoxy) is 7. The molecular formula is C92H110Cl2N12O28. The van der Waals surface area contributed by atoms with Crippen molar-refractivity contribution >= 4 is 76.4 Å². The number of hydrogen-bond acceptors (Lipinski definition) is 31. The summed E-state index contributed by atoms with van der Waals surface area (Å²) in [5, 5.41) is 162. The zero-order valence-corrected chi connectivity index (χ0v) is 74.5. The number of likely N-dealkylation sites (N-methyl/N-ethyl adjacent to an activating group) is 1. The van der Waals surface area contributed by atoms with E-state index in [4.69, 9.17) is 67.8 Å². The standard InChI is InChI=1S/C92H110Cl2N12O28/c1-3-4-5-6-7-8-9-10-11-15-65(112)100-74-77(115)79(117)82(90(126)127)134-91(74)133-81-62-36-47-37-63(81)130-59-25-20-46(34-54(59)93)75(113)73-89(125)104-71(84(120)98-28-14-31-106(29-12-26-95)30-13-27-96)52-38-48(108)39-61(131-92-80(118)78(116)76(114)64(42-107)132-92)66(52)51-33-44(18-23-56(51)109)69(86(122)105-73)101-87(123)70(47)102-88(124)72-53-40-50(41-58(111)67(53)94)129-60-35-45(19-24-57(60)110)68(97-2)85(121)99-55(83(119)103-72)32-43-16-21-49(128-62)22-17-43/h16-25,33-41,55,64,68-80,82,91-92,97,107-111,113-118H,3-15,26-32,42,95-96H2,1-2H3,(H,98,120)(H,99,121)(H,100,112)(H,101,123)(H,102,124)(H,103,119)(H,104,125)(H,105,122)(H,126,127)/t55-,64-,68+,69-,70-,71+,72+,73+,74-,75-,76-,77-,78+,79+,80+,82+,91-,92+/m1/s1. The van der Waals surface area contributed by atoms with E-state index in [1.807, 2.05) is 0 Å². The third-order valence-corrected chi connectivity index (χ3v) is 24.7. The molecule has 8 amide bonds. The minimum Gasteiger partial charge on any atom is -0.508 e. The highest BCUT2D eigenvalue weighted by Gasteiger charge is 2.52. The van der Waals surface area contributed by atoms with Crippen molar-refractivity contribution in [2.75, 3.05) is 52.9 Å². The topological polar surface area (TPSA) is 625 Å². The third-order valence-electron chi connectivity index (χ3n) is 24.0. The number of carboxylic acid groups (broad SMARTS) is 1. The summed E-state index contributed by atoms with van der Waals surface area (Å²) in [6, 6.07) is 5.57. The van der Waals surface area contributed by atoms with Gasteiger partial charge in [-0.05, 0) is 172 Å². The van der Waals surface area contributed by atoms with Crippen LogP contribution in [0.15, 0.2) is 115 Å². The van der Waals surface area contributed by atoms with Crippen molar-refractivity contribution in [3.63, 3.8) is 0 Å². The van der Waals surface area contributed by atoms with E-state index in [0.717, 1.165) is 118 Å². The number of carbonyl (C=O) groups excluding carboxylic acids is 8. The fraction of sp³-hybridized carbons (Fsp3) is 0.446. The number of fused-ring (bicyclic) bond motifs is 14. The quantitative estimate of drug-likeness (QED) is 0.0297. The number of nitrogens with one attached hydrogen (secondary N) is 9. The molecule has 2 saturated heterocycles. The van der Waals surface area contributed by atoms with Crippen molar-refractivity contribution in [3.05, 3.63) is 164 Å². The maximum atomic E-state index is 16.9. The zero-order valence-electron chi connectivity index (χ0n) is 73.0. The van der Waals surface area contributed by atoms with Crippen LogP contribution in [0.5, 0.6) is 69.0 Å². The van der Waals surface area contributed by atoms with Crippen LogP contribution in [0.3, 0.4) is 0 Å². The van der Waals surface area contributed by atoms with Crippen molar-refractivity contribution in [2.24, 2.45) is 11.5 Å². The second-order valence-electron chi connectivity index (χ2n) is 33.5. The van der Waals surface area contributed by atoms with Crippen LogP contribution in [-0.4, -0.2) is 246 Å². The molecular weight excluding hydrogens is 1790 g/mol. The number of carboxylic acids is 1. The van der Waals surface area contributed by atoms with Gasteiger partial charge in [-0.2, -0.15) is 0 Å². The van der Waals surface area contributed by atoms with E-state index in [1.54, 1.807) is 0 Å². The summed E-state index contributed by atoms with van der Waals surface area (Å²) in [5.74, 6) is -18.1. The number of aliphatic carboxylic acids is 1. The highest BCUT2D eigenvalue weighted by Crippen LogP contribution is 2.51. The molecule has 2 fully saturated rings. The van der Waals surface area contributed by atoms with Crippen LogP contribution in [0.4, 0.5) is 0 Å². The number of amides is 8. The van der Waals surface area contributed by atoms with E-state index in [-0.39, 0.29) is 47.8 Å². The van der Waals surface area contributed by atoms with Crippen molar-refractivity contribution in [1.29, 1.82) is 0 Å². The number of carbonyl (C=O) groups is 9. The maximum Gasteiger partial charge on any atom is 0.335 e. The molecule has 8 heterocycles. The van der Waals surface area contributed by atoms with Gasteiger partial charge in [-0.3, -0.25) is 38.4 Å². The molecule has 42 heteroatoms. The number of nitrogens with zero attached hydrogens (tertiary/aromatic N) is 1. The molecule has 134 heavy (non-hydrogen) atoms. The number of aromatic hydroxyl groups is 4. The Labute approximate surface area is 778 Å². The monoisotopic (exact) mass is 1900 g/mol. The molecule has 0 unspecified atom stereocenters. The van der Waals surface area contributed by atoms with Crippen LogP contribution < -0.4 is 83.0 Å². The molecule has 25 N–H and O–H groups in total. The molecule has 17 bridgehead atoms. The third kappa shape index (κ3) is 23.2. The molecule has 0 radical (unpaired) electrons. The predicted molar refractivity (Wildman–Crippen MR) is 477 cm³/mol. The largest absolute Gasteiger partial charge is 0.508 e. The van der Waals surface area contributed by atoms with Crippen molar-refractivity contribution in [2.45, 2.75) is 207 Å². The molecule has 0 aliphatic carbocycles. The Bertz CT molecular complexity index is 5440. The first-order valence-electron chi connectivity index (χ1n) is 44.2. The van der Waals surface area contributed by atoms with Crippen LogP contribution >= 0.6 is 23.2 Å². The number of rotatable bonds is 29. The Balaban J connectivity index is 1.03. The molecule has 0 spiro atoms. The van der Waals surface area contributed by atoms with E-state index in [0.29, 0.717) is 64.0 Å². The Morgan fingerprint density at radius 1 is 0.537 bits per heavy atom. The molecule has 8 aliphatic rings. The van der Waals surface area contributed by atoms with Gasteiger partial charge >= 0.3 is 5.97 Å². The van der Waals surface area contributed by atoms with Crippen LogP contribution in [0.2, 0.25) is 10.0 Å². The van der Waals surface area contributed by atoms with Gasteiger partial charge in [0.2, 0.25) is 65.6 Å². The van der Waals surface area contributed by atoms with E-state index in [9.17, 15) is 75.7 Å². The first-order valence-corrected chi connectivity index (χ1v) is 45.0. The van der Waals surface area contributed by atoms with Gasteiger partial charge in [0.15, 0.2) is 29.1 Å². The van der Waals surface area contributed by atoms with Crippen molar-refractivity contribution in [1.82, 2.24) is 52.8 Å². The summed E-state index contributed by atoms with van der Waals surface area (Å²) in [4.78, 5) is 141. The first kappa shape index (κ1) is 99.5. The van der Waals surface area contributed by atoms with Gasteiger partial charge in [0.05, 0.1) is 16.7 Å². The van der Waals surface area contributed by atoms with Crippen LogP contribution in [0.1, 0.15) is 166 Å². The zero-order chi connectivity index (χ0) is 96.0. The van der Waals surface area contributed by atoms with Gasteiger partial charge in [0.25, 0.3) is 0 Å². The Morgan fingerprint density at radius 3 is 1.84 bits per heavy atom. The molecule has 40 nitrogen and oxygen atoms in total. The number of nitrogens with two attached hydrogens (primary N) is 2. The molecule has 8 aliphatic heterocycles. The molecule has 0 saturated carbocycles. The molecule has 18 atom stereocenters. The SMILES string of the molecule is CCCCCCCCCCCC(=O)N[C@H]1[C@H](Oc2c3cc4cc2Oc2ccc(cc2Cl)[C@@H](O)[C@@H]2NC(=O)[C@H](NC(=O)[C@@H]4NC(=O)[C@H]4NC(=O)[C@@H](Cc5ccc(cc5)O3)NC(=O)[C@@H](NC)c3ccc(O)c(c3)Oc3cc(O)c(Cl)c4c3)c3ccc(O)c(c3)-c3c(O[C@H]4O[C@H](CO)[C@@H](O)[C@H](O)[C@@H]4O)cc(O)cc3[C@@H](C(=O)NCCCN(CCCN)CCCN)NC2=O)O[C@H](C(=O)O)[C@@H](O)[C@@H]1O. The Morgan fingerprint density at radius 2 is 1.16 bits per heavy atom. The highest BCUT2D eigenvalue weighted by molar-refractivity contribution is 6.33. The summed E-state index contributed by atoms with van der Waals surface area (Å²) < 4.78 is 44.7. The second-order valence-corrected chi connectivity index (χ2v) is 34.3. The number of halogens is 2. The van der Waals surface area contributed by atoms with Gasteiger partial charge in [0.1, 0.15) is 131 Å². The van der Waals surface area contributed by atoms with E-state index in [1.165, 1.54) is 49.5 Å². The number of hydrogen-bond donors (Lipinski definition) is 23. The summed E-state index contributed by atoms with van der Waals surface area (Å²) >= 11 is 14.4. The van der Waals surface area contributed by atoms with E-state index >= 15 is 28.8 Å². The Hall–Kier alpha value is -12.0. The average molecular weight is 1900 g/mol. The van der Waals surface area contributed by atoms with Gasteiger partial charge in [0, 0.05) is 48.2 Å². The average Bonchev–Trinajstić information content (AvgIpc) is 0.757. The number of phenolic OH excluding ortho intramolecular Hbond substituents is 4. The number of benzene rings is 7. The number of aliphatic hydroxyl groups excluding tert-OH is 7. The fourth-order valence-electron chi connectivity index (χ4n) is 16.8. The minimum atomic E-state index is -2.46. The van der Waals surface area contributed by atoms with Crippen LogP contribution in [0, 0.1) is 0 Å². The normalized spacial score (nSPS) is 25.2. The van der Waals surface area contributed by atoms with Gasteiger partial charge < -0.3 is 159 Å². The highest BCUT2D eigenvalue weighted by atomic mass is 35.5. The minimum absolute atomic E-state index is 0.132. The summed E-state index contributed by atoms with van der Waals surface area (Å²) in [7, 11) is 1.43. The van der Waals surface area contributed by atoms with Crippen LogP contribution in [-0.2, 0) is 59.0 Å².